The first-order valence-corrected chi connectivity index (χ1v) is 12.4. The summed E-state index contributed by atoms with van der Waals surface area (Å²) in [6.07, 6.45) is 2.56. The van der Waals surface area contributed by atoms with Gasteiger partial charge in [0.1, 0.15) is 5.57 Å². The van der Waals surface area contributed by atoms with Crippen molar-refractivity contribution in [2.24, 2.45) is 0 Å². The molecule has 1 unspecified atom stereocenters. The van der Waals surface area contributed by atoms with Gasteiger partial charge in [0, 0.05) is 27.3 Å². The summed E-state index contributed by atoms with van der Waals surface area (Å²) in [5, 5.41) is 3.17. The van der Waals surface area contributed by atoms with Crippen LogP contribution in [0, 0.1) is 0 Å². The second-order valence-electron chi connectivity index (χ2n) is 9.03. The lowest BCUT2D eigenvalue weighted by molar-refractivity contribution is -0.122. The molecule has 2 aromatic rings. The van der Waals surface area contributed by atoms with Crippen molar-refractivity contribution in [1.29, 1.82) is 0 Å². The first-order chi connectivity index (χ1) is 15.5. The number of benzene rings is 2. The van der Waals surface area contributed by atoms with Gasteiger partial charge in [-0.1, -0.05) is 34.5 Å². The first kappa shape index (κ1) is 23.9. The van der Waals surface area contributed by atoms with Crippen molar-refractivity contribution in [3.8, 4) is 0 Å². The number of amides is 2. The van der Waals surface area contributed by atoms with E-state index in [0.717, 1.165) is 28.7 Å². The predicted molar refractivity (Wildman–Crippen MR) is 142 cm³/mol. The van der Waals surface area contributed by atoms with E-state index in [-0.39, 0.29) is 16.2 Å². The topological polar surface area (TPSA) is 52.7 Å². The molecule has 2 heterocycles. The minimum absolute atomic E-state index is 0.00971. The fourth-order valence-electron chi connectivity index (χ4n) is 4.87. The summed E-state index contributed by atoms with van der Waals surface area (Å²) in [5.74, 6) is -0.698. The molecular weight excluding hydrogens is 522 g/mol. The highest BCUT2D eigenvalue weighted by Gasteiger charge is 2.37. The summed E-state index contributed by atoms with van der Waals surface area (Å²) >= 11 is 15.4. The number of nitrogens with one attached hydrogen (secondary N) is 1. The first-order valence-electron chi connectivity index (χ1n) is 10.8. The Labute approximate surface area is 212 Å². The van der Waals surface area contributed by atoms with Gasteiger partial charge in [-0.2, -0.15) is 0 Å². The molecule has 0 radical (unpaired) electrons. The molecule has 1 N–H and O–H groups in total. The van der Waals surface area contributed by atoms with Gasteiger partial charge in [-0.05, 0) is 98.9 Å². The molecule has 0 bridgehead atoms. The highest BCUT2D eigenvalue weighted by Crippen LogP contribution is 2.45. The second kappa shape index (κ2) is 8.85. The Morgan fingerprint density at radius 2 is 1.91 bits per heavy atom. The maximum Gasteiger partial charge on any atom is 0.270 e. The number of hydrogen-bond acceptors (Lipinski definition) is 4. The number of rotatable bonds is 3. The number of carbonyl (C=O) groups is 2. The third-order valence-corrected chi connectivity index (χ3v) is 7.45. The Balaban J connectivity index is 1.77. The SMILES string of the molecule is CCN1c2cc(Cl)c(/C=C3/C(=O)NC(=S)N(c4ccc(Br)cc4)C3=O)cc2C(C)CC1(C)C. The van der Waals surface area contributed by atoms with Crippen LogP contribution >= 0.6 is 39.7 Å². The molecular formula is C25H25BrClN3O2S. The van der Waals surface area contributed by atoms with E-state index >= 15 is 0 Å². The van der Waals surface area contributed by atoms with Gasteiger partial charge in [-0.15, -0.1) is 0 Å². The summed E-state index contributed by atoms with van der Waals surface area (Å²) < 4.78 is 0.876. The molecule has 2 aliphatic heterocycles. The normalized spacial score (nSPS) is 21.3. The van der Waals surface area contributed by atoms with Crippen LogP contribution in [0.25, 0.3) is 6.08 Å². The van der Waals surface area contributed by atoms with Gasteiger partial charge in [-0.25, -0.2) is 0 Å². The maximum absolute atomic E-state index is 13.3. The van der Waals surface area contributed by atoms with E-state index in [2.05, 4.69) is 53.8 Å². The number of thiocarbonyl (C=S) groups is 1. The molecule has 1 atom stereocenters. The minimum Gasteiger partial charge on any atom is -0.366 e. The zero-order valence-electron chi connectivity index (χ0n) is 18.9. The molecule has 5 nitrogen and oxygen atoms in total. The van der Waals surface area contributed by atoms with Crippen LogP contribution in [-0.2, 0) is 9.59 Å². The number of halogens is 2. The van der Waals surface area contributed by atoms with E-state index < -0.39 is 11.8 Å². The fourth-order valence-corrected chi connectivity index (χ4v) is 5.63. The van der Waals surface area contributed by atoms with E-state index in [1.54, 1.807) is 18.2 Å². The monoisotopic (exact) mass is 545 g/mol. The van der Waals surface area contributed by atoms with Gasteiger partial charge in [0.05, 0.1) is 5.69 Å². The lowest BCUT2D eigenvalue weighted by Crippen LogP contribution is -2.54. The second-order valence-corrected chi connectivity index (χ2v) is 10.7. The number of hydrogen-bond donors (Lipinski definition) is 1. The molecule has 8 heteroatoms. The highest BCUT2D eigenvalue weighted by molar-refractivity contribution is 9.10. The van der Waals surface area contributed by atoms with Crippen molar-refractivity contribution in [2.45, 2.75) is 45.6 Å². The van der Waals surface area contributed by atoms with Crippen molar-refractivity contribution in [3.05, 3.63) is 62.6 Å². The predicted octanol–water partition coefficient (Wildman–Crippen LogP) is 6.05. The quantitative estimate of drug-likeness (QED) is 0.289. The zero-order valence-corrected chi connectivity index (χ0v) is 22.1. The lowest BCUT2D eigenvalue weighted by Gasteiger charge is -2.47. The summed E-state index contributed by atoms with van der Waals surface area (Å²) in [6.45, 7) is 9.68. The van der Waals surface area contributed by atoms with E-state index in [4.69, 9.17) is 23.8 Å². The molecule has 0 aliphatic carbocycles. The number of fused-ring (bicyclic) bond motifs is 1. The van der Waals surface area contributed by atoms with Gasteiger partial charge in [0.2, 0.25) is 0 Å². The van der Waals surface area contributed by atoms with Crippen LogP contribution in [-0.4, -0.2) is 29.0 Å². The van der Waals surface area contributed by atoms with Gasteiger partial charge >= 0.3 is 0 Å². The molecule has 1 fully saturated rings. The standard InChI is InChI=1S/C25H25BrClN3O2S/c1-5-29-21-12-20(27)15(10-18(21)14(2)13-25(29,3)4)11-19-22(31)28-24(33)30(23(19)32)17-8-6-16(26)7-9-17/h6-12,14H,5,13H2,1-4H3,(H,28,31,33)/b19-11-. The summed E-state index contributed by atoms with van der Waals surface area (Å²) in [4.78, 5) is 29.7. The molecule has 0 aromatic heterocycles. The number of anilines is 2. The molecule has 2 aromatic carbocycles. The van der Waals surface area contributed by atoms with Gasteiger partial charge in [-0.3, -0.25) is 19.8 Å². The third-order valence-electron chi connectivity index (χ3n) is 6.31. The van der Waals surface area contributed by atoms with Gasteiger partial charge in [0.15, 0.2) is 5.11 Å². The summed E-state index contributed by atoms with van der Waals surface area (Å²) in [7, 11) is 0. The van der Waals surface area contributed by atoms with Crippen LogP contribution in [0.2, 0.25) is 5.02 Å². The minimum atomic E-state index is -0.531. The van der Waals surface area contributed by atoms with E-state index in [9.17, 15) is 9.59 Å². The molecule has 33 heavy (non-hydrogen) atoms. The van der Waals surface area contributed by atoms with Crippen molar-refractivity contribution in [2.75, 3.05) is 16.3 Å². The maximum atomic E-state index is 13.3. The Bertz CT molecular complexity index is 1190. The number of carbonyl (C=O) groups excluding carboxylic acids is 2. The van der Waals surface area contributed by atoms with Crippen LogP contribution in [0.3, 0.4) is 0 Å². The molecule has 0 saturated carbocycles. The fraction of sp³-hybridized carbons (Fsp3) is 0.320. The van der Waals surface area contributed by atoms with Crippen molar-refractivity contribution in [1.82, 2.24) is 5.32 Å². The van der Waals surface area contributed by atoms with E-state index in [1.165, 1.54) is 4.90 Å². The largest absolute Gasteiger partial charge is 0.366 e. The average molecular weight is 547 g/mol. The highest BCUT2D eigenvalue weighted by atomic mass is 79.9. The average Bonchev–Trinajstić information content (AvgIpc) is 2.72. The van der Waals surface area contributed by atoms with Crippen molar-refractivity contribution < 1.29 is 9.59 Å². The van der Waals surface area contributed by atoms with Crippen molar-refractivity contribution >= 4 is 74.1 Å². The molecule has 172 valence electrons. The smallest absolute Gasteiger partial charge is 0.270 e. The Hall–Kier alpha value is -2.22. The molecule has 2 aliphatic rings. The lowest BCUT2D eigenvalue weighted by atomic mass is 9.79. The van der Waals surface area contributed by atoms with Crippen LogP contribution < -0.4 is 15.1 Å². The molecule has 0 spiro atoms. The summed E-state index contributed by atoms with van der Waals surface area (Å²) in [5.41, 5.74) is 3.49. The Morgan fingerprint density at radius 1 is 1.24 bits per heavy atom. The Morgan fingerprint density at radius 3 is 2.55 bits per heavy atom. The van der Waals surface area contributed by atoms with E-state index in [1.807, 2.05) is 24.3 Å². The van der Waals surface area contributed by atoms with Crippen LogP contribution in [0.4, 0.5) is 11.4 Å². The van der Waals surface area contributed by atoms with E-state index in [0.29, 0.717) is 22.2 Å². The van der Waals surface area contributed by atoms with Gasteiger partial charge < -0.3 is 4.90 Å². The van der Waals surface area contributed by atoms with Crippen molar-refractivity contribution in [3.63, 3.8) is 0 Å². The molecule has 1 saturated heterocycles. The van der Waals surface area contributed by atoms with Crippen LogP contribution in [0.5, 0.6) is 0 Å². The third kappa shape index (κ3) is 4.34. The molecule has 2 amide bonds. The summed E-state index contributed by atoms with van der Waals surface area (Å²) in [6, 6.07) is 11.1. The molecule has 4 rings (SSSR count). The van der Waals surface area contributed by atoms with Crippen LogP contribution in [0.1, 0.15) is 51.2 Å². The van der Waals surface area contributed by atoms with Gasteiger partial charge in [0.25, 0.3) is 11.8 Å². The zero-order chi connectivity index (χ0) is 24.1. The Kier molecular flexibility index (Phi) is 6.42. The van der Waals surface area contributed by atoms with Crippen LogP contribution in [0.15, 0.2) is 46.4 Å². The number of nitrogens with zero attached hydrogens (tertiary/aromatic N) is 2.